The second-order valence-corrected chi connectivity index (χ2v) is 7.77. The first-order chi connectivity index (χ1) is 8.86. The maximum Gasteiger partial charge on any atom is 0.150 e. The van der Waals surface area contributed by atoms with Crippen molar-refractivity contribution in [2.45, 2.75) is 37.0 Å². The maximum atomic E-state index is 11.6. The lowest BCUT2D eigenvalue weighted by Gasteiger charge is -2.28. The fourth-order valence-corrected chi connectivity index (χ4v) is 3.70. The summed E-state index contributed by atoms with van der Waals surface area (Å²) in [5.74, 6) is 0.637. The van der Waals surface area contributed by atoms with Crippen molar-refractivity contribution in [1.29, 1.82) is 0 Å². The highest BCUT2D eigenvalue weighted by Crippen LogP contribution is 2.30. The predicted molar refractivity (Wildman–Crippen MR) is 77.4 cm³/mol. The molecule has 1 aromatic rings. The monoisotopic (exact) mass is 303 g/mol. The molecule has 2 N–H and O–H groups in total. The van der Waals surface area contributed by atoms with E-state index in [1.54, 1.807) is 18.2 Å². The molecular formula is C13H18ClNO3S. The standard InChI is InChI=1S/C13H18ClNO3S/c1-19(16,17)11-4-2-3-9(7-11)18-10-5-6-13(15)12(14)8-10/h5-6,8-9,11H,2-4,7,15H2,1H3. The highest BCUT2D eigenvalue weighted by Gasteiger charge is 2.29. The number of anilines is 1. The van der Waals surface area contributed by atoms with Crippen molar-refractivity contribution in [3.8, 4) is 5.75 Å². The van der Waals surface area contributed by atoms with E-state index in [2.05, 4.69) is 0 Å². The largest absolute Gasteiger partial charge is 0.490 e. The third kappa shape index (κ3) is 3.76. The summed E-state index contributed by atoms with van der Waals surface area (Å²) < 4.78 is 29.0. The first-order valence-electron chi connectivity index (χ1n) is 6.27. The lowest BCUT2D eigenvalue weighted by molar-refractivity contribution is 0.156. The number of sulfone groups is 1. The van der Waals surface area contributed by atoms with Gasteiger partial charge in [0.2, 0.25) is 0 Å². The zero-order chi connectivity index (χ0) is 14.0. The van der Waals surface area contributed by atoms with Crippen molar-refractivity contribution in [3.63, 3.8) is 0 Å². The second-order valence-electron chi connectivity index (χ2n) is 5.04. The summed E-state index contributed by atoms with van der Waals surface area (Å²) in [6.45, 7) is 0. The van der Waals surface area contributed by atoms with Gasteiger partial charge in [0, 0.05) is 18.7 Å². The zero-order valence-corrected chi connectivity index (χ0v) is 12.4. The highest BCUT2D eigenvalue weighted by atomic mass is 35.5. The minimum Gasteiger partial charge on any atom is -0.490 e. The number of hydrogen-bond donors (Lipinski definition) is 1. The molecule has 6 heteroatoms. The Morgan fingerprint density at radius 3 is 2.74 bits per heavy atom. The summed E-state index contributed by atoms with van der Waals surface area (Å²) in [4.78, 5) is 0. The van der Waals surface area contributed by atoms with E-state index >= 15 is 0 Å². The Morgan fingerprint density at radius 2 is 2.11 bits per heavy atom. The molecule has 19 heavy (non-hydrogen) atoms. The fraction of sp³-hybridized carbons (Fsp3) is 0.538. The van der Waals surface area contributed by atoms with Crippen LogP contribution in [0.4, 0.5) is 5.69 Å². The number of ether oxygens (including phenoxy) is 1. The van der Waals surface area contributed by atoms with Gasteiger partial charge < -0.3 is 10.5 Å². The van der Waals surface area contributed by atoms with Gasteiger partial charge in [-0.15, -0.1) is 0 Å². The van der Waals surface area contributed by atoms with Crippen LogP contribution in [0, 0.1) is 0 Å². The lowest BCUT2D eigenvalue weighted by Crippen LogP contribution is -2.33. The van der Waals surface area contributed by atoms with Crippen LogP contribution in [0.25, 0.3) is 0 Å². The summed E-state index contributed by atoms with van der Waals surface area (Å²) in [6.07, 6.45) is 4.22. The molecule has 0 bridgehead atoms. The topological polar surface area (TPSA) is 69.4 Å². The molecule has 1 fully saturated rings. The second kappa shape index (κ2) is 5.59. The summed E-state index contributed by atoms with van der Waals surface area (Å²) in [5, 5.41) is 0.156. The first-order valence-corrected chi connectivity index (χ1v) is 8.60. The van der Waals surface area contributed by atoms with Crippen molar-refractivity contribution < 1.29 is 13.2 Å². The average molecular weight is 304 g/mol. The molecule has 1 saturated carbocycles. The van der Waals surface area contributed by atoms with Crippen LogP contribution in [0.1, 0.15) is 25.7 Å². The van der Waals surface area contributed by atoms with E-state index in [0.717, 1.165) is 19.3 Å². The molecule has 2 atom stereocenters. The SMILES string of the molecule is CS(=O)(=O)C1CCCC(Oc2ccc(N)c(Cl)c2)C1. The lowest BCUT2D eigenvalue weighted by atomic mass is 9.97. The average Bonchev–Trinajstić information content (AvgIpc) is 2.33. The van der Waals surface area contributed by atoms with E-state index in [1.807, 2.05) is 0 Å². The molecule has 2 unspecified atom stereocenters. The summed E-state index contributed by atoms with van der Waals surface area (Å²) in [5.41, 5.74) is 6.14. The number of halogens is 1. The third-order valence-corrected chi connectivity index (χ3v) is 5.42. The highest BCUT2D eigenvalue weighted by molar-refractivity contribution is 7.91. The van der Waals surface area contributed by atoms with Crippen LogP contribution in [0.3, 0.4) is 0 Å². The molecule has 1 aromatic carbocycles. The zero-order valence-electron chi connectivity index (χ0n) is 10.8. The van der Waals surface area contributed by atoms with Gasteiger partial charge in [0.15, 0.2) is 0 Å². The van der Waals surface area contributed by atoms with Crippen molar-refractivity contribution in [3.05, 3.63) is 23.2 Å². The molecule has 0 aromatic heterocycles. The van der Waals surface area contributed by atoms with Gasteiger partial charge in [0.1, 0.15) is 15.6 Å². The van der Waals surface area contributed by atoms with E-state index in [9.17, 15) is 8.42 Å². The molecule has 0 aliphatic heterocycles. The predicted octanol–water partition coefficient (Wildman–Crippen LogP) is 2.66. The van der Waals surface area contributed by atoms with Gasteiger partial charge in [-0.3, -0.25) is 0 Å². The Balaban J connectivity index is 2.04. The molecule has 0 heterocycles. The van der Waals surface area contributed by atoms with E-state index in [4.69, 9.17) is 22.1 Å². The van der Waals surface area contributed by atoms with Crippen molar-refractivity contribution in [2.24, 2.45) is 0 Å². The Hall–Kier alpha value is -0.940. The molecule has 0 saturated heterocycles. The van der Waals surface area contributed by atoms with E-state index in [-0.39, 0.29) is 11.4 Å². The summed E-state index contributed by atoms with van der Waals surface area (Å²) in [6, 6.07) is 5.11. The molecule has 106 valence electrons. The molecule has 1 aliphatic rings. The number of nitrogens with two attached hydrogens (primary N) is 1. The number of rotatable bonds is 3. The number of benzene rings is 1. The van der Waals surface area contributed by atoms with Gasteiger partial charge in [-0.2, -0.15) is 0 Å². The van der Waals surface area contributed by atoms with Crippen LogP contribution in [0.5, 0.6) is 5.75 Å². The quantitative estimate of drug-likeness (QED) is 0.872. The van der Waals surface area contributed by atoms with Crippen LogP contribution in [0.15, 0.2) is 18.2 Å². The molecule has 2 rings (SSSR count). The first kappa shape index (κ1) is 14.5. The van der Waals surface area contributed by atoms with Gasteiger partial charge in [0.25, 0.3) is 0 Å². The Morgan fingerprint density at radius 1 is 1.37 bits per heavy atom. The number of hydrogen-bond acceptors (Lipinski definition) is 4. The summed E-state index contributed by atoms with van der Waals surface area (Å²) in [7, 11) is -2.99. The van der Waals surface area contributed by atoms with Gasteiger partial charge >= 0.3 is 0 Å². The van der Waals surface area contributed by atoms with E-state index in [0.29, 0.717) is 22.9 Å². The molecule has 0 spiro atoms. The normalized spacial score (nSPS) is 24.1. The maximum absolute atomic E-state index is 11.6. The van der Waals surface area contributed by atoms with E-state index < -0.39 is 9.84 Å². The Kier molecular flexibility index (Phi) is 4.26. The summed E-state index contributed by atoms with van der Waals surface area (Å²) >= 11 is 5.93. The van der Waals surface area contributed by atoms with Crippen LogP contribution in [0.2, 0.25) is 5.02 Å². The minimum absolute atomic E-state index is 0.0758. The van der Waals surface area contributed by atoms with Gasteiger partial charge in [-0.1, -0.05) is 11.6 Å². The molecule has 0 radical (unpaired) electrons. The number of nitrogen functional groups attached to an aromatic ring is 1. The fourth-order valence-electron chi connectivity index (χ4n) is 2.37. The van der Waals surface area contributed by atoms with Gasteiger partial charge in [-0.05, 0) is 31.4 Å². The van der Waals surface area contributed by atoms with Gasteiger partial charge in [0.05, 0.1) is 22.1 Å². The van der Waals surface area contributed by atoms with Crippen LogP contribution in [-0.4, -0.2) is 26.0 Å². The molecular weight excluding hydrogens is 286 g/mol. The Labute approximate surface area is 118 Å². The smallest absolute Gasteiger partial charge is 0.150 e. The van der Waals surface area contributed by atoms with Crippen molar-refractivity contribution >= 4 is 27.1 Å². The van der Waals surface area contributed by atoms with Crippen LogP contribution >= 0.6 is 11.6 Å². The van der Waals surface area contributed by atoms with Crippen LogP contribution < -0.4 is 10.5 Å². The van der Waals surface area contributed by atoms with Crippen LogP contribution in [-0.2, 0) is 9.84 Å². The minimum atomic E-state index is -2.99. The molecule has 0 amide bonds. The molecule has 1 aliphatic carbocycles. The van der Waals surface area contributed by atoms with E-state index in [1.165, 1.54) is 6.26 Å². The van der Waals surface area contributed by atoms with Crippen molar-refractivity contribution in [2.75, 3.05) is 12.0 Å². The Bertz CT molecular complexity index is 559. The third-order valence-electron chi connectivity index (χ3n) is 3.46. The van der Waals surface area contributed by atoms with Gasteiger partial charge in [-0.25, -0.2) is 8.42 Å². The van der Waals surface area contributed by atoms with Crippen molar-refractivity contribution in [1.82, 2.24) is 0 Å². The molecule has 4 nitrogen and oxygen atoms in total.